The van der Waals surface area contributed by atoms with Crippen LogP contribution in [-0.2, 0) is 15.7 Å². The molecule has 2 unspecified atom stereocenters. The molecule has 4 atom stereocenters. The largest absolute Gasteiger partial charge is 0.324 e. The number of anilines is 1. The first-order chi connectivity index (χ1) is 21.4. The summed E-state index contributed by atoms with van der Waals surface area (Å²) >= 11 is 12.9. The molecule has 2 spiro atoms. The van der Waals surface area contributed by atoms with Crippen molar-refractivity contribution in [2.24, 2.45) is 5.92 Å². The normalized spacial score (nSPS) is 26.2. The number of carbonyl (C=O) groups is 2. The van der Waals surface area contributed by atoms with E-state index in [4.69, 9.17) is 28.2 Å². The molecular formula is C35H24Cl2N4O3. The molecule has 0 bridgehead atoms. The van der Waals surface area contributed by atoms with Gasteiger partial charge in [-0.1, -0.05) is 53.5 Å². The van der Waals surface area contributed by atoms with Gasteiger partial charge in [0.2, 0.25) is 0 Å². The number of aromatic nitrogens is 2. The first kappa shape index (κ1) is 26.1. The Morgan fingerprint density at radius 1 is 0.886 bits per heavy atom. The van der Waals surface area contributed by atoms with E-state index < -0.39 is 16.9 Å². The third kappa shape index (κ3) is 2.93. The molecule has 1 N–H and O–H groups in total. The van der Waals surface area contributed by atoms with Gasteiger partial charge in [0.25, 0.3) is 11.5 Å². The Hall–Kier alpha value is -4.30. The lowest BCUT2D eigenvalue weighted by Crippen LogP contribution is -2.60. The summed E-state index contributed by atoms with van der Waals surface area (Å²) in [7, 11) is 0. The first-order valence-corrected chi connectivity index (χ1v) is 15.4. The topological polar surface area (TPSA) is 84.3 Å². The number of hydrogen-bond acceptors (Lipinski definition) is 5. The van der Waals surface area contributed by atoms with Crippen LogP contribution in [0.4, 0.5) is 5.69 Å². The fraction of sp³-hybridized carbons (Fsp3) is 0.200. The van der Waals surface area contributed by atoms with Gasteiger partial charge in [0.1, 0.15) is 11.4 Å². The number of Topliss-reactive ketones (excluding diaryl/α,β-unsaturated/α-hetero) is 1. The summed E-state index contributed by atoms with van der Waals surface area (Å²) in [6, 6.07) is 26.9. The number of ketones is 1. The molecule has 2 fully saturated rings. The van der Waals surface area contributed by atoms with Gasteiger partial charge in [-0.15, -0.1) is 0 Å². The van der Waals surface area contributed by atoms with Crippen LogP contribution < -0.4 is 10.9 Å². The molecular weight excluding hydrogens is 595 g/mol. The van der Waals surface area contributed by atoms with Crippen LogP contribution in [0.25, 0.3) is 16.6 Å². The maximum Gasteiger partial charge on any atom is 0.266 e. The van der Waals surface area contributed by atoms with E-state index >= 15 is 4.79 Å². The van der Waals surface area contributed by atoms with Gasteiger partial charge in [0.15, 0.2) is 5.78 Å². The van der Waals surface area contributed by atoms with Crippen LogP contribution >= 0.6 is 23.2 Å². The molecule has 5 aromatic rings. The molecule has 7 nitrogen and oxygen atoms in total. The molecule has 4 aromatic carbocycles. The molecule has 0 radical (unpaired) electrons. The minimum Gasteiger partial charge on any atom is -0.324 e. The molecule has 0 saturated carbocycles. The molecule has 9 rings (SSSR count). The summed E-state index contributed by atoms with van der Waals surface area (Å²) in [6.07, 6.45) is 1.52. The van der Waals surface area contributed by atoms with Crippen molar-refractivity contribution in [2.75, 3.05) is 11.9 Å². The van der Waals surface area contributed by atoms with Crippen LogP contribution in [0.15, 0.2) is 95.8 Å². The molecule has 5 heterocycles. The highest BCUT2D eigenvalue weighted by molar-refractivity contribution is 6.31. The Morgan fingerprint density at radius 3 is 2.48 bits per heavy atom. The van der Waals surface area contributed by atoms with Crippen LogP contribution in [0.5, 0.6) is 0 Å². The smallest absolute Gasteiger partial charge is 0.266 e. The highest BCUT2D eigenvalue weighted by Crippen LogP contribution is 2.69. The number of nitrogens with zero attached hydrogens (tertiary/aromatic N) is 3. The van der Waals surface area contributed by atoms with E-state index in [1.807, 2.05) is 54.6 Å². The van der Waals surface area contributed by atoms with Crippen molar-refractivity contribution in [2.45, 2.75) is 29.8 Å². The standard InChI is InChI=1S/C35H24Cl2N4O3/c36-20-13-11-19(12-14-20)30(42)29-28-10-5-17-40(28)35(24-18-21(37)15-16-26(24)39-33(35)44)34(29)23-7-2-4-9-27(23)41-31(43)22-6-1-3-8-25(22)38-32(34)41/h1-4,6-9,11-16,18,28-29H,5,10,17H2,(H,39,44)/t28-,29?,34?,35-/m1/s1. The van der Waals surface area contributed by atoms with E-state index in [2.05, 4.69) is 10.2 Å². The number of rotatable bonds is 2. The molecule has 1 aromatic heterocycles. The van der Waals surface area contributed by atoms with Gasteiger partial charge >= 0.3 is 0 Å². The fourth-order valence-corrected chi connectivity index (χ4v) is 9.10. The van der Waals surface area contributed by atoms with Gasteiger partial charge in [-0.2, -0.15) is 0 Å². The number of amides is 1. The fourth-order valence-electron chi connectivity index (χ4n) is 8.80. The second kappa shape index (κ2) is 8.88. The van der Waals surface area contributed by atoms with Gasteiger partial charge in [0, 0.05) is 32.9 Å². The zero-order valence-corrected chi connectivity index (χ0v) is 24.8. The quantitative estimate of drug-likeness (QED) is 0.241. The van der Waals surface area contributed by atoms with Gasteiger partial charge in [-0.3, -0.25) is 23.9 Å². The predicted octanol–water partition coefficient (Wildman–Crippen LogP) is 6.12. The number of para-hydroxylation sites is 2. The van der Waals surface area contributed by atoms with Crippen molar-refractivity contribution < 1.29 is 9.59 Å². The summed E-state index contributed by atoms with van der Waals surface area (Å²) in [5.74, 6) is -0.736. The minimum absolute atomic E-state index is 0.121. The van der Waals surface area contributed by atoms with E-state index in [9.17, 15) is 9.59 Å². The van der Waals surface area contributed by atoms with Gasteiger partial charge in [0.05, 0.1) is 27.9 Å². The Labute approximate surface area is 262 Å². The van der Waals surface area contributed by atoms with Crippen molar-refractivity contribution in [1.29, 1.82) is 0 Å². The Kier molecular flexibility index (Phi) is 5.27. The van der Waals surface area contributed by atoms with E-state index in [1.165, 1.54) is 0 Å². The number of benzene rings is 4. The Bertz CT molecular complexity index is 2160. The average molecular weight is 620 g/mol. The summed E-state index contributed by atoms with van der Waals surface area (Å²) in [5.41, 5.74) is 0.688. The van der Waals surface area contributed by atoms with E-state index in [1.54, 1.807) is 41.0 Å². The van der Waals surface area contributed by atoms with Gasteiger partial charge in [-0.05, 0) is 85.6 Å². The zero-order valence-electron chi connectivity index (χ0n) is 23.3. The van der Waals surface area contributed by atoms with Crippen LogP contribution in [0.2, 0.25) is 10.0 Å². The van der Waals surface area contributed by atoms with Crippen LogP contribution in [0.1, 0.15) is 40.2 Å². The van der Waals surface area contributed by atoms with Crippen LogP contribution in [0, 0.1) is 5.92 Å². The van der Waals surface area contributed by atoms with Gasteiger partial charge in [-0.25, -0.2) is 4.98 Å². The van der Waals surface area contributed by atoms with Crippen molar-refractivity contribution in [3.05, 3.63) is 134 Å². The maximum atomic E-state index is 15.1. The van der Waals surface area contributed by atoms with E-state index in [-0.39, 0.29) is 23.3 Å². The minimum atomic E-state index is -1.41. The van der Waals surface area contributed by atoms with Crippen molar-refractivity contribution >= 4 is 51.5 Å². The third-order valence-electron chi connectivity index (χ3n) is 10.2. The molecule has 0 aliphatic carbocycles. The zero-order chi connectivity index (χ0) is 30.0. The maximum absolute atomic E-state index is 15.1. The monoisotopic (exact) mass is 618 g/mol. The molecule has 1 amide bonds. The van der Waals surface area contributed by atoms with Crippen molar-refractivity contribution in [3.63, 3.8) is 0 Å². The average Bonchev–Trinajstić information content (AvgIpc) is 3.75. The van der Waals surface area contributed by atoms with Crippen LogP contribution in [-0.4, -0.2) is 38.7 Å². The number of carbonyl (C=O) groups excluding carboxylic acids is 2. The number of fused-ring (bicyclic) bond motifs is 11. The van der Waals surface area contributed by atoms with Crippen molar-refractivity contribution in [3.8, 4) is 5.69 Å². The number of halogens is 2. The summed E-state index contributed by atoms with van der Waals surface area (Å²) in [5, 5.41) is 4.63. The lowest BCUT2D eigenvalue weighted by atomic mass is 9.56. The van der Waals surface area contributed by atoms with Crippen LogP contribution in [0.3, 0.4) is 0 Å². The third-order valence-corrected chi connectivity index (χ3v) is 10.7. The second-order valence-electron chi connectivity index (χ2n) is 12.0. The molecule has 4 aliphatic heterocycles. The molecule has 44 heavy (non-hydrogen) atoms. The molecule has 216 valence electrons. The second-order valence-corrected chi connectivity index (χ2v) is 12.9. The lowest BCUT2D eigenvalue weighted by Gasteiger charge is -2.45. The Morgan fingerprint density at radius 2 is 1.64 bits per heavy atom. The summed E-state index contributed by atoms with van der Waals surface area (Å²) in [6.45, 7) is 0.593. The lowest BCUT2D eigenvalue weighted by molar-refractivity contribution is -0.128. The summed E-state index contributed by atoms with van der Waals surface area (Å²) < 4.78 is 1.64. The predicted molar refractivity (Wildman–Crippen MR) is 169 cm³/mol. The van der Waals surface area contributed by atoms with Crippen molar-refractivity contribution in [1.82, 2.24) is 14.5 Å². The van der Waals surface area contributed by atoms with E-state index in [0.717, 1.165) is 12.0 Å². The highest BCUT2D eigenvalue weighted by Gasteiger charge is 2.80. The van der Waals surface area contributed by atoms with Gasteiger partial charge < -0.3 is 5.32 Å². The molecule has 2 saturated heterocycles. The first-order valence-electron chi connectivity index (χ1n) is 14.7. The molecule has 9 heteroatoms. The SMILES string of the molecule is O=C(c1ccc(Cl)cc1)C1[C@H]2CCCN2[C@]2(C(=O)Nc3ccc(Cl)cc32)C12c1ccccc1-n1c2nc2ccccc2c1=O. The Balaban J connectivity index is 1.50. The molecule has 4 aliphatic rings. The highest BCUT2D eigenvalue weighted by atomic mass is 35.5. The number of nitrogens with one attached hydrogen (secondary N) is 1. The number of hydrogen-bond donors (Lipinski definition) is 1. The van der Waals surface area contributed by atoms with E-state index in [0.29, 0.717) is 62.2 Å². The summed E-state index contributed by atoms with van der Waals surface area (Å²) in [4.78, 5) is 51.9.